The first-order valence-electron chi connectivity index (χ1n) is 2.94. The van der Waals surface area contributed by atoms with Crippen molar-refractivity contribution in [2.75, 3.05) is 5.88 Å². The molecule has 1 heteroatoms. The lowest BCUT2D eigenvalue weighted by atomic mass is 10.2. The normalized spacial score (nSPS) is 9.70. The van der Waals surface area contributed by atoms with E-state index in [4.69, 9.17) is 11.6 Å². The molecule has 0 saturated carbocycles. The molecule has 0 aromatic heterocycles. The van der Waals surface area contributed by atoms with Gasteiger partial charge in [0, 0.05) is 5.88 Å². The Morgan fingerprint density at radius 3 is 2.30 bits per heavy atom. The number of allylic oxidation sites excluding steroid dienone is 5. The maximum absolute atomic E-state index is 5.47. The Hall–Kier alpha value is -0.750. The van der Waals surface area contributed by atoms with E-state index in [1.807, 2.05) is 12.2 Å². The smallest absolute Gasteiger partial charge is 0.0468 e. The van der Waals surface area contributed by atoms with E-state index in [1.165, 1.54) is 0 Å². The van der Waals surface area contributed by atoms with Crippen molar-refractivity contribution in [3.63, 3.8) is 0 Å². The summed E-state index contributed by atoms with van der Waals surface area (Å²) in [6.45, 7) is 10.9. The fraction of sp³-hybridized carbons (Fsp3) is 0.111. The molecule has 0 aromatic rings. The number of rotatable bonds is 4. The van der Waals surface area contributed by atoms with E-state index < -0.39 is 0 Å². The van der Waals surface area contributed by atoms with Crippen LogP contribution in [0.2, 0.25) is 0 Å². The lowest BCUT2D eigenvalue weighted by Gasteiger charge is -1.89. The van der Waals surface area contributed by atoms with Crippen LogP contribution >= 0.6 is 11.6 Å². The van der Waals surface area contributed by atoms with E-state index >= 15 is 0 Å². The third kappa shape index (κ3) is 4.16. The standard InChI is InChI=1S/C9H11Cl/c1-4-8(2)5-6-9(3)7-10/h4-6H,1-3,7H2/b6-5-. The third-order valence-corrected chi connectivity index (χ3v) is 1.31. The van der Waals surface area contributed by atoms with E-state index in [0.29, 0.717) is 5.88 Å². The van der Waals surface area contributed by atoms with Gasteiger partial charge in [0.25, 0.3) is 0 Å². The van der Waals surface area contributed by atoms with Crippen molar-refractivity contribution in [3.05, 3.63) is 49.1 Å². The predicted molar refractivity (Wildman–Crippen MR) is 48.3 cm³/mol. The van der Waals surface area contributed by atoms with E-state index in [2.05, 4.69) is 19.7 Å². The summed E-state index contributed by atoms with van der Waals surface area (Å²) in [6.07, 6.45) is 5.34. The highest BCUT2D eigenvalue weighted by molar-refractivity contribution is 6.19. The summed E-state index contributed by atoms with van der Waals surface area (Å²) in [5.74, 6) is 0.459. The lowest BCUT2D eigenvalue weighted by Crippen LogP contribution is -1.74. The van der Waals surface area contributed by atoms with Crippen LogP contribution in [0.3, 0.4) is 0 Å². The minimum atomic E-state index is 0.459. The van der Waals surface area contributed by atoms with Crippen LogP contribution in [0.15, 0.2) is 49.1 Å². The summed E-state index contributed by atoms with van der Waals surface area (Å²) in [5, 5.41) is 0. The molecular formula is C9H11Cl. The van der Waals surface area contributed by atoms with E-state index in [-0.39, 0.29) is 0 Å². The number of hydrogen-bond donors (Lipinski definition) is 0. The SMILES string of the molecule is C=CC(=C)/C=C\C(=C)CCl. The van der Waals surface area contributed by atoms with E-state index in [0.717, 1.165) is 11.1 Å². The van der Waals surface area contributed by atoms with E-state index in [1.54, 1.807) is 6.08 Å². The van der Waals surface area contributed by atoms with Gasteiger partial charge in [-0.3, -0.25) is 0 Å². The van der Waals surface area contributed by atoms with Crippen LogP contribution in [0.5, 0.6) is 0 Å². The maximum Gasteiger partial charge on any atom is 0.0468 e. The molecule has 0 spiro atoms. The van der Waals surface area contributed by atoms with Crippen molar-refractivity contribution in [3.8, 4) is 0 Å². The van der Waals surface area contributed by atoms with Crippen molar-refractivity contribution in [2.24, 2.45) is 0 Å². The molecule has 0 atom stereocenters. The molecule has 0 aromatic carbocycles. The Labute approximate surface area is 67.2 Å². The van der Waals surface area contributed by atoms with E-state index in [9.17, 15) is 0 Å². The van der Waals surface area contributed by atoms with Crippen molar-refractivity contribution >= 4 is 11.6 Å². The van der Waals surface area contributed by atoms with Gasteiger partial charge in [-0.2, -0.15) is 0 Å². The molecule has 0 aliphatic rings. The van der Waals surface area contributed by atoms with Gasteiger partial charge < -0.3 is 0 Å². The van der Waals surface area contributed by atoms with Gasteiger partial charge in [-0.15, -0.1) is 11.6 Å². The molecule has 0 unspecified atom stereocenters. The molecule has 0 rings (SSSR count). The molecule has 0 saturated heterocycles. The number of hydrogen-bond acceptors (Lipinski definition) is 0. The molecule has 0 radical (unpaired) electrons. The molecule has 0 nitrogen and oxygen atoms in total. The maximum atomic E-state index is 5.47. The highest BCUT2D eigenvalue weighted by atomic mass is 35.5. The Morgan fingerprint density at radius 1 is 1.30 bits per heavy atom. The van der Waals surface area contributed by atoms with Gasteiger partial charge in [0.05, 0.1) is 0 Å². The Morgan fingerprint density at radius 2 is 1.90 bits per heavy atom. The van der Waals surface area contributed by atoms with Crippen LogP contribution in [-0.2, 0) is 0 Å². The lowest BCUT2D eigenvalue weighted by molar-refractivity contribution is 1.55. The summed E-state index contributed by atoms with van der Waals surface area (Å²) in [4.78, 5) is 0. The van der Waals surface area contributed by atoms with Crippen LogP contribution in [0.4, 0.5) is 0 Å². The van der Waals surface area contributed by atoms with Crippen molar-refractivity contribution in [1.29, 1.82) is 0 Å². The molecule has 0 bridgehead atoms. The quantitative estimate of drug-likeness (QED) is 0.431. The van der Waals surface area contributed by atoms with Crippen LogP contribution in [0.25, 0.3) is 0 Å². The first kappa shape index (κ1) is 9.25. The van der Waals surface area contributed by atoms with Gasteiger partial charge in [0.2, 0.25) is 0 Å². The van der Waals surface area contributed by atoms with Gasteiger partial charge in [-0.05, 0) is 11.1 Å². The van der Waals surface area contributed by atoms with Crippen LogP contribution in [0.1, 0.15) is 0 Å². The van der Waals surface area contributed by atoms with Crippen LogP contribution in [0, 0.1) is 0 Å². The van der Waals surface area contributed by atoms with Crippen molar-refractivity contribution < 1.29 is 0 Å². The fourth-order valence-electron chi connectivity index (χ4n) is 0.337. The highest BCUT2D eigenvalue weighted by Gasteiger charge is 1.82. The Bertz CT molecular complexity index is 175. The largest absolute Gasteiger partial charge is 0.122 e. The second-order valence-corrected chi connectivity index (χ2v) is 2.17. The fourth-order valence-corrected chi connectivity index (χ4v) is 0.427. The van der Waals surface area contributed by atoms with Gasteiger partial charge in [0.15, 0.2) is 0 Å². The zero-order valence-electron chi connectivity index (χ0n) is 5.94. The summed E-state index contributed by atoms with van der Waals surface area (Å²) in [5.41, 5.74) is 1.75. The molecule has 0 amide bonds. The number of alkyl halides is 1. The van der Waals surface area contributed by atoms with Gasteiger partial charge in [-0.1, -0.05) is 38.0 Å². The first-order valence-corrected chi connectivity index (χ1v) is 3.47. The minimum absolute atomic E-state index is 0.459. The molecule has 0 aliphatic heterocycles. The predicted octanol–water partition coefficient (Wildman–Crippen LogP) is 3.08. The first-order chi connectivity index (χ1) is 4.70. The summed E-state index contributed by atoms with van der Waals surface area (Å²) in [7, 11) is 0. The number of halogens is 1. The average Bonchev–Trinajstić information content (AvgIpc) is 1.99. The summed E-state index contributed by atoms with van der Waals surface area (Å²) < 4.78 is 0. The van der Waals surface area contributed by atoms with Gasteiger partial charge in [-0.25, -0.2) is 0 Å². The average molecular weight is 155 g/mol. The molecule has 10 heavy (non-hydrogen) atoms. The molecule has 0 N–H and O–H groups in total. The molecule has 0 aliphatic carbocycles. The Balaban J connectivity index is 3.87. The second-order valence-electron chi connectivity index (χ2n) is 1.90. The van der Waals surface area contributed by atoms with Gasteiger partial charge in [0.1, 0.15) is 0 Å². The van der Waals surface area contributed by atoms with Gasteiger partial charge >= 0.3 is 0 Å². The second kappa shape index (κ2) is 5.07. The van der Waals surface area contributed by atoms with Crippen molar-refractivity contribution in [1.82, 2.24) is 0 Å². The topological polar surface area (TPSA) is 0 Å². The summed E-state index contributed by atoms with van der Waals surface area (Å²) >= 11 is 5.47. The Kier molecular flexibility index (Phi) is 4.69. The molecular weight excluding hydrogens is 144 g/mol. The zero-order valence-corrected chi connectivity index (χ0v) is 6.69. The third-order valence-electron chi connectivity index (χ3n) is 0.967. The minimum Gasteiger partial charge on any atom is -0.122 e. The monoisotopic (exact) mass is 154 g/mol. The molecule has 0 fully saturated rings. The van der Waals surface area contributed by atoms with Crippen LogP contribution < -0.4 is 0 Å². The highest BCUT2D eigenvalue weighted by Crippen LogP contribution is 1.99. The van der Waals surface area contributed by atoms with Crippen molar-refractivity contribution in [2.45, 2.75) is 0 Å². The van der Waals surface area contributed by atoms with Crippen LogP contribution in [-0.4, -0.2) is 5.88 Å². The zero-order chi connectivity index (χ0) is 7.98. The summed E-state index contributed by atoms with van der Waals surface area (Å²) in [6, 6.07) is 0. The molecule has 54 valence electrons. The molecule has 0 heterocycles.